The molecule has 3 radical (unpaired) electrons. The summed E-state index contributed by atoms with van der Waals surface area (Å²) in [5.74, 6) is 0.00997. The molecule has 0 bridgehead atoms. The van der Waals surface area contributed by atoms with Crippen LogP contribution >= 0.6 is 0 Å². The molecule has 0 aliphatic heterocycles. The molecular weight excluding hydrogens is 212 g/mol. The molecule has 0 aromatic heterocycles. The molecule has 0 aromatic rings. The Labute approximate surface area is 96.9 Å². The fourth-order valence-electron chi connectivity index (χ4n) is 0.543. The fraction of sp³-hybridized carbons (Fsp3) is 0.750. The van der Waals surface area contributed by atoms with Gasteiger partial charge in [-0.2, -0.15) is 0 Å². The molecule has 0 amide bonds. The maximum absolute atomic E-state index is 5.41. The monoisotopic (exact) mass is 227 g/mol. The van der Waals surface area contributed by atoms with Gasteiger partial charge < -0.3 is 18.1 Å². The van der Waals surface area contributed by atoms with Crippen LogP contribution in [-0.4, -0.2) is 20.6 Å². The van der Waals surface area contributed by atoms with Crippen molar-refractivity contribution in [2.45, 2.75) is 32.2 Å². The van der Waals surface area contributed by atoms with Crippen LogP contribution in [0.15, 0.2) is 0 Å². The van der Waals surface area contributed by atoms with Gasteiger partial charge in [0.15, 0.2) is 0 Å². The molecule has 0 N–H and O–H groups in total. The largest absolute Gasteiger partial charge is 0.411 e. The zero-order valence-corrected chi connectivity index (χ0v) is 10.3. The maximum Gasteiger partial charge on any atom is 0.0483 e. The van der Waals surface area contributed by atoms with Gasteiger partial charge in [-0.15, -0.1) is 0 Å². The first kappa shape index (κ1) is 14.6. The van der Waals surface area contributed by atoms with E-state index in [-0.39, 0.29) is 38.5 Å². The first-order chi connectivity index (χ1) is 4.63. The van der Waals surface area contributed by atoms with Crippen molar-refractivity contribution in [3.63, 3.8) is 0 Å². The van der Waals surface area contributed by atoms with Crippen LogP contribution in [0, 0.1) is 13.3 Å². The van der Waals surface area contributed by atoms with Crippen LogP contribution in [0.2, 0.25) is 5.82 Å². The van der Waals surface area contributed by atoms with Gasteiger partial charge in [0.2, 0.25) is 0 Å². The minimum Gasteiger partial charge on any atom is -0.411 e. The summed E-state index contributed by atoms with van der Waals surface area (Å²) in [6, 6.07) is 0. The molecule has 0 fully saturated rings. The fourth-order valence-corrected chi connectivity index (χ4v) is 0.543. The van der Waals surface area contributed by atoms with Crippen LogP contribution in [-0.2, 0) is 37.4 Å². The zero-order chi connectivity index (χ0) is 7.98. The van der Waals surface area contributed by atoms with E-state index in [0.717, 1.165) is 6.42 Å². The topological polar surface area (TPSA) is 9.23 Å². The Bertz CT molecular complexity index is 66.5. The second kappa shape index (κ2) is 9.22. The standard InChI is InChI=1S/C8H15BO.Y/c1-7(2)10-6-4-5-8(3)9;/h4,7-8H,3,5-6H2,1-2H3;/q-2;. The number of hydrogen-bond acceptors (Lipinski definition) is 1. The molecule has 0 rings (SSSR count). The van der Waals surface area contributed by atoms with Crippen molar-refractivity contribution in [2.75, 3.05) is 6.61 Å². The quantitative estimate of drug-likeness (QED) is 0.395. The second-order valence-electron chi connectivity index (χ2n) is 2.67. The van der Waals surface area contributed by atoms with Crippen molar-refractivity contribution in [2.24, 2.45) is 0 Å². The van der Waals surface area contributed by atoms with Crippen LogP contribution in [0.25, 0.3) is 0 Å². The summed E-state index contributed by atoms with van der Waals surface area (Å²) < 4.78 is 5.25. The summed E-state index contributed by atoms with van der Waals surface area (Å²) in [5, 5.41) is 0. The van der Waals surface area contributed by atoms with Crippen LogP contribution in [0.3, 0.4) is 0 Å². The van der Waals surface area contributed by atoms with E-state index in [1.54, 1.807) is 0 Å². The average Bonchev–Trinajstić information content (AvgIpc) is 1.79. The minimum atomic E-state index is 0. The van der Waals surface area contributed by atoms with Gasteiger partial charge in [0.05, 0.1) is 0 Å². The first-order valence-corrected chi connectivity index (χ1v) is 3.65. The Morgan fingerprint density at radius 1 is 1.55 bits per heavy atom. The third kappa shape index (κ3) is 14.0. The number of hydrogen-bond donors (Lipinski definition) is 0. The van der Waals surface area contributed by atoms with Gasteiger partial charge >= 0.3 is 0 Å². The Morgan fingerprint density at radius 2 is 2.09 bits per heavy atom. The third-order valence-electron chi connectivity index (χ3n) is 1.02. The van der Waals surface area contributed by atoms with Crippen molar-refractivity contribution in [1.29, 1.82) is 0 Å². The molecule has 1 nitrogen and oxygen atoms in total. The zero-order valence-electron chi connectivity index (χ0n) is 7.42. The van der Waals surface area contributed by atoms with E-state index < -0.39 is 0 Å². The van der Waals surface area contributed by atoms with E-state index in [1.165, 1.54) is 0 Å². The van der Waals surface area contributed by atoms with Crippen molar-refractivity contribution in [3.8, 4) is 0 Å². The molecule has 1 atom stereocenters. The van der Waals surface area contributed by atoms with Crippen LogP contribution in [0.4, 0.5) is 0 Å². The molecular formula is C8H15BOY-2. The van der Waals surface area contributed by atoms with Gasteiger partial charge in [0.25, 0.3) is 0 Å². The SMILES string of the molecule is [B]C([CH2-])C[CH-]COC(C)C.[Y]. The van der Waals surface area contributed by atoms with Gasteiger partial charge in [0.1, 0.15) is 0 Å². The van der Waals surface area contributed by atoms with E-state index in [2.05, 4.69) is 6.92 Å². The van der Waals surface area contributed by atoms with Crippen molar-refractivity contribution in [1.82, 2.24) is 0 Å². The minimum absolute atomic E-state index is 0. The smallest absolute Gasteiger partial charge is 0.0483 e. The van der Waals surface area contributed by atoms with Crippen LogP contribution < -0.4 is 0 Å². The van der Waals surface area contributed by atoms with Crippen LogP contribution in [0.1, 0.15) is 20.3 Å². The summed E-state index contributed by atoms with van der Waals surface area (Å²) in [7, 11) is 5.41. The molecule has 0 heterocycles. The third-order valence-corrected chi connectivity index (χ3v) is 1.02. The molecule has 11 heavy (non-hydrogen) atoms. The Hall–Kier alpha value is 1.13. The average molecular weight is 227 g/mol. The summed E-state index contributed by atoms with van der Waals surface area (Å²) >= 11 is 0. The molecule has 3 heteroatoms. The predicted octanol–water partition coefficient (Wildman–Crippen LogP) is 1.79. The molecule has 61 valence electrons. The molecule has 0 saturated carbocycles. The van der Waals surface area contributed by atoms with Gasteiger partial charge in [-0.1, -0.05) is 6.61 Å². The summed E-state index contributed by atoms with van der Waals surface area (Å²) in [4.78, 5) is 0. The maximum atomic E-state index is 5.41. The Morgan fingerprint density at radius 3 is 2.45 bits per heavy atom. The second-order valence-corrected chi connectivity index (χ2v) is 2.67. The van der Waals surface area contributed by atoms with Gasteiger partial charge in [-0.05, 0) is 13.8 Å². The molecule has 0 aromatic carbocycles. The van der Waals surface area contributed by atoms with Crippen LogP contribution in [0.5, 0.6) is 0 Å². The predicted molar refractivity (Wildman–Crippen MR) is 44.9 cm³/mol. The summed E-state index contributed by atoms with van der Waals surface area (Å²) in [6.07, 6.45) is 3.14. The number of rotatable bonds is 5. The van der Waals surface area contributed by atoms with E-state index >= 15 is 0 Å². The molecule has 0 spiro atoms. The van der Waals surface area contributed by atoms with E-state index in [0.29, 0.717) is 12.7 Å². The summed E-state index contributed by atoms with van der Waals surface area (Å²) in [6.45, 7) is 8.35. The van der Waals surface area contributed by atoms with Crippen molar-refractivity contribution < 1.29 is 37.4 Å². The molecule has 0 aliphatic carbocycles. The van der Waals surface area contributed by atoms with Gasteiger partial charge in [-0.25, -0.2) is 12.2 Å². The van der Waals surface area contributed by atoms with E-state index in [1.807, 2.05) is 20.3 Å². The van der Waals surface area contributed by atoms with Gasteiger partial charge in [-0.3, -0.25) is 0 Å². The summed E-state index contributed by atoms with van der Waals surface area (Å²) in [5.41, 5.74) is 0. The van der Waals surface area contributed by atoms with E-state index in [4.69, 9.17) is 12.6 Å². The molecule has 0 aliphatic rings. The molecule has 0 saturated heterocycles. The first-order valence-electron chi connectivity index (χ1n) is 3.65. The molecule has 1 unspecified atom stereocenters. The Kier molecular flexibility index (Phi) is 12.3. The van der Waals surface area contributed by atoms with Gasteiger partial charge in [0, 0.05) is 46.7 Å². The van der Waals surface area contributed by atoms with E-state index in [9.17, 15) is 0 Å². The van der Waals surface area contributed by atoms with Crippen molar-refractivity contribution in [3.05, 3.63) is 13.3 Å². The van der Waals surface area contributed by atoms with Crippen molar-refractivity contribution >= 4 is 7.85 Å². The normalized spacial score (nSPS) is 12.7. The Balaban J connectivity index is 0. The number of ether oxygens (including phenoxy) is 1.